The van der Waals surface area contributed by atoms with Crippen molar-refractivity contribution in [2.75, 3.05) is 12.4 Å². The van der Waals surface area contributed by atoms with Gasteiger partial charge in [0.05, 0.1) is 18.4 Å². The molecule has 0 spiro atoms. The topological polar surface area (TPSA) is 64.6 Å². The minimum absolute atomic E-state index is 0.418. The number of methoxy groups -OCH3 is 1. The Kier molecular flexibility index (Phi) is 5.58. The SMILES string of the molecule is COc1ccccc1NC(=O)[C@H](C)OC(=O)c1cc(C)ccc1C. The van der Waals surface area contributed by atoms with Crippen molar-refractivity contribution in [2.45, 2.75) is 26.9 Å². The van der Waals surface area contributed by atoms with Crippen LogP contribution in [0.15, 0.2) is 42.5 Å². The minimum Gasteiger partial charge on any atom is -0.495 e. The monoisotopic (exact) mass is 327 g/mol. The molecule has 0 heterocycles. The Balaban J connectivity index is 2.06. The molecular weight excluding hydrogens is 306 g/mol. The normalized spacial score (nSPS) is 11.5. The van der Waals surface area contributed by atoms with Gasteiger partial charge in [-0.3, -0.25) is 4.79 Å². The van der Waals surface area contributed by atoms with Gasteiger partial charge in [0, 0.05) is 0 Å². The third-order valence-electron chi connectivity index (χ3n) is 3.63. The number of para-hydroxylation sites is 2. The van der Waals surface area contributed by atoms with Crippen molar-refractivity contribution in [1.29, 1.82) is 0 Å². The first-order valence-corrected chi connectivity index (χ1v) is 7.64. The predicted octanol–water partition coefficient (Wildman–Crippen LogP) is 3.50. The Morgan fingerprint density at radius 2 is 1.79 bits per heavy atom. The van der Waals surface area contributed by atoms with E-state index in [1.165, 1.54) is 14.0 Å². The van der Waals surface area contributed by atoms with Crippen LogP contribution < -0.4 is 10.1 Å². The molecule has 0 fully saturated rings. The second-order valence-electron chi connectivity index (χ2n) is 5.56. The predicted molar refractivity (Wildman–Crippen MR) is 92.4 cm³/mol. The molecule has 5 heteroatoms. The molecule has 5 nitrogen and oxygen atoms in total. The summed E-state index contributed by atoms with van der Waals surface area (Å²) in [7, 11) is 1.52. The molecule has 0 saturated carbocycles. The highest BCUT2D eigenvalue weighted by Gasteiger charge is 2.21. The largest absolute Gasteiger partial charge is 0.495 e. The summed E-state index contributed by atoms with van der Waals surface area (Å²) in [6.07, 6.45) is -0.928. The fourth-order valence-electron chi connectivity index (χ4n) is 2.22. The summed E-state index contributed by atoms with van der Waals surface area (Å²) in [5.74, 6) is -0.393. The molecule has 2 aromatic carbocycles. The number of nitrogens with one attached hydrogen (secondary N) is 1. The maximum Gasteiger partial charge on any atom is 0.339 e. The van der Waals surface area contributed by atoms with Crippen LogP contribution in [-0.4, -0.2) is 25.1 Å². The smallest absolute Gasteiger partial charge is 0.339 e. The van der Waals surface area contributed by atoms with Crippen molar-refractivity contribution in [3.63, 3.8) is 0 Å². The minimum atomic E-state index is -0.928. The first-order valence-electron chi connectivity index (χ1n) is 7.64. The van der Waals surface area contributed by atoms with E-state index >= 15 is 0 Å². The molecule has 1 amide bonds. The summed E-state index contributed by atoms with van der Waals surface area (Å²) >= 11 is 0. The number of amides is 1. The first-order chi connectivity index (χ1) is 11.4. The lowest BCUT2D eigenvalue weighted by atomic mass is 10.1. The van der Waals surface area contributed by atoms with Crippen molar-refractivity contribution in [2.24, 2.45) is 0 Å². The van der Waals surface area contributed by atoms with Crippen molar-refractivity contribution in [3.05, 3.63) is 59.2 Å². The molecule has 0 saturated heterocycles. The molecule has 126 valence electrons. The molecule has 24 heavy (non-hydrogen) atoms. The maximum absolute atomic E-state index is 12.3. The average molecular weight is 327 g/mol. The summed E-state index contributed by atoms with van der Waals surface area (Å²) < 4.78 is 10.5. The third kappa shape index (κ3) is 4.13. The number of hydrogen-bond acceptors (Lipinski definition) is 4. The Labute approximate surface area is 141 Å². The Hall–Kier alpha value is -2.82. The van der Waals surface area contributed by atoms with Crippen LogP contribution in [0, 0.1) is 13.8 Å². The van der Waals surface area contributed by atoms with Crippen LogP contribution in [0.4, 0.5) is 5.69 Å². The van der Waals surface area contributed by atoms with Crippen LogP contribution in [-0.2, 0) is 9.53 Å². The summed E-state index contributed by atoms with van der Waals surface area (Å²) in [6, 6.07) is 12.6. The van der Waals surface area contributed by atoms with Gasteiger partial charge in [-0.1, -0.05) is 29.8 Å². The van der Waals surface area contributed by atoms with Gasteiger partial charge in [-0.2, -0.15) is 0 Å². The molecular formula is C19H21NO4. The number of anilines is 1. The molecule has 2 aromatic rings. The second-order valence-corrected chi connectivity index (χ2v) is 5.56. The van der Waals surface area contributed by atoms with Gasteiger partial charge in [0.25, 0.3) is 5.91 Å². The number of hydrogen-bond donors (Lipinski definition) is 1. The Morgan fingerprint density at radius 1 is 1.08 bits per heavy atom. The summed E-state index contributed by atoms with van der Waals surface area (Å²) in [6.45, 7) is 5.26. The number of rotatable bonds is 5. The van der Waals surface area contributed by atoms with E-state index in [0.717, 1.165) is 11.1 Å². The molecule has 0 aliphatic carbocycles. The average Bonchev–Trinajstić information content (AvgIpc) is 2.57. The standard InChI is InChI=1S/C19H21NO4/c1-12-9-10-13(2)15(11-12)19(22)24-14(3)18(21)20-16-7-5-6-8-17(16)23-4/h5-11,14H,1-4H3,(H,20,21)/t14-/m0/s1. The highest BCUT2D eigenvalue weighted by atomic mass is 16.5. The molecule has 0 unspecified atom stereocenters. The van der Waals surface area contributed by atoms with E-state index in [1.54, 1.807) is 30.3 Å². The lowest BCUT2D eigenvalue weighted by Crippen LogP contribution is -2.30. The van der Waals surface area contributed by atoms with Gasteiger partial charge in [0.1, 0.15) is 5.75 Å². The van der Waals surface area contributed by atoms with Crippen LogP contribution in [0.25, 0.3) is 0 Å². The molecule has 0 aliphatic heterocycles. The van der Waals surface area contributed by atoms with Gasteiger partial charge in [-0.05, 0) is 44.5 Å². The second kappa shape index (κ2) is 7.64. The van der Waals surface area contributed by atoms with Gasteiger partial charge in [0.2, 0.25) is 0 Å². The number of ether oxygens (including phenoxy) is 2. The van der Waals surface area contributed by atoms with Gasteiger partial charge in [-0.25, -0.2) is 4.79 Å². The lowest BCUT2D eigenvalue weighted by molar-refractivity contribution is -0.123. The van der Waals surface area contributed by atoms with Crippen molar-refractivity contribution in [1.82, 2.24) is 0 Å². The van der Waals surface area contributed by atoms with E-state index in [4.69, 9.17) is 9.47 Å². The number of carbonyl (C=O) groups excluding carboxylic acids is 2. The quantitative estimate of drug-likeness (QED) is 0.854. The first kappa shape index (κ1) is 17.5. The number of esters is 1. The lowest BCUT2D eigenvalue weighted by Gasteiger charge is -2.16. The van der Waals surface area contributed by atoms with Crippen LogP contribution in [0.3, 0.4) is 0 Å². The molecule has 1 N–H and O–H groups in total. The molecule has 0 bridgehead atoms. The zero-order chi connectivity index (χ0) is 17.7. The Morgan fingerprint density at radius 3 is 2.50 bits per heavy atom. The van der Waals surface area contributed by atoms with Gasteiger partial charge >= 0.3 is 5.97 Å². The molecule has 1 atom stereocenters. The maximum atomic E-state index is 12.3. The van der Waals surface area contributed by atoms with Gasteiger partial charge in [0.15, 0.2) is 6.10 Å². The van der Waals surface area contributed by atoms with Crippen LogP contribution in [0.2, 0.25) is 0 Å². The number of benzene rings is 2. The summed E-state index contributed by atoms with van der Waals surface area (Å²) in [5, 5.41) is 2.70. The molecule has 0 radical (unpaired) electrons. The fourth-order valence-corrected chi connectivity index (χ4v) is 2.22. The van der Waals surface area contributed by atoms with E-state index in [1.807, 2.05) is 26.0 Å². The highest BCUT2D eigenvalue weighted by molar-refractivity contribution is 5.98. The third-order valence-corrected chi connectivity index (χ3v) is 3.63. The van der Waals surface area contributed by atoms with Crippen LogP contribution >= 0.6 is 0 Å². The van der Waals surface area contributed by atoms with Crippen molar-refractivity contribution in [3.8, 4) is 5.75 Å². The molecule has 0 aliphatic rings. The summed E-state index contributed by atoms with van der Waals surface area (Å²) in [5.41, 5.74) is 2.76. The van der Waals surface area contributed by atoms with Gasteiger partial charge in [-0.15, -0.1) is 0 Å². The Bertz CT molecular complexity index is 755. The van der Waals surface area contributed by atoms with Gasteiger partial charge < -0.3 is 14.8 Å². The van der Waals surface area contributed by atoms with Crippen LogP contribution in [0.5, 0.6) is 5.75 Å². The van der Waals surface area contributed by atoms with E-state index in [0.29, 0.717) is 17.0 Å². The van der Waals surface area contributed by atoms with Crippen LogP contribution in [0.1, 0.15) is 28.4 Å². The van der Waals surface area contributed by atoms with Crippen molar-refractivity contribution >= 4 is 17.6 Å². The molecule has 0 aromatic heterocycles. The number of aryl methyl sites for hydroxylation is 2. The van der Waals surface area contributed by atoms with E-state index in [9.17, 15) is 9.59 Å². The fraction of sp³-hybridized carbons (Fsp3) is 0.263. The zero-order valence-electron chi connectivity index (χ0n) is 14.3. The molecule has 2 rings (SSSR count). The van der Waals surface area contributed by atoms with E-state index in [-0.39, 0.29) is 0 Å². The summed E-state index contributed by atoms with van der Waals surface area (Å²) in [4.78, 5) is 24.5. The number of carbonyl (C=O) groups is 2. The van der Waals surface area contributed by atoms with Crippen molar-refractivity contribution < 1.29 is 19.1 Å². The van der Waals surface area contributed by atoms with E-state index < -0.39 is 18.0 Å². The highest BCUT2D eigenvalue weighted by Crippen LogP contribution is 2.23. The zero-order valence-corrected chi connectivity index (χ0v) is 14.3. The van der Waals surface area contributed by atoms with E-state index in [2.05, 4.69) is 5.32 Å².